The largest absolute Gasteiger partial charge is 0.361 e. The van der Waals surface area contributed by atoms with Gasteiger partial charge in [-0.25, -0.2) is 0 Å². The predicted octanol–water partition coefficient (Wildman–Crippen LogP) is 8.58. The average Bonchev–Trinajstić information content (AvgIpc) is 3.49. The van der Waals surface area contributed by atoms with E-state index in [2.05, 4.69) is 20.8 Å². The van der Waals surface area contributed by atoms with E-state index in [1.54, 1.807) is 86.5 Å². The van der Waals surface area contributed by atoms with Crippen molar-refractivity contribution in [2.75, 3.05) is 20.7 Å². The molecule has 2 heterocycles. The number of anilines is 4. The number of nitrogens with one attached hydrogen (secondary N) is 2. The van der Waals surface area contributed by atoms with E-state index in [4.69, 9.17) is 23.2 Å². The third-order valence-electron chi connectivity index (χ3n) is 6.98. The summed E-state index contributed by atoms with van der Waals surface area (Å²) in [6.45, 7) is 3.61. The molecule has 224 valence electrons. The normalized spacial score (nSPS) is 16.4. The average molecular weight is 654 g/mol. The van der Waals surface area contributed by atoms with Crippen LogP contribution >= 0.6 is 35.0 Å². The van der Waals surface area contributed by atoms with Crippen LogP contribution in [0.3, 0.4) is 0 Å². The summed E-state index contributed by atoms with van der Waals surface area (Å²) in [5, 5.41) is 19.2. The monoisotopic (exact) mass is 652 g/mol. The first-order chi connectivity index (χ1) is 21.7. The molecule has 0 aromatic heterocycles. The summed E-state index contributed by atoms with van der Waals surface area (Å²) >= 11 is 13.6. The first-order valence-corrected chi connectivity index (χ1v) is 15.4. The minimum Gasteiger partial charge on any atom is -0.361 e. The van der Waals surface area contributed by atoms with Crippen molar-refractivity contribution in [3.63, 3.8) is 0 Å². The van der Waals surface area contributed by atoms with Crippen molar-refractivity contribution in [2.45, 2.75) is 23.6 Å². The lowest BCUT2D eigenvalue weighted by Gasteiger charge is -2.11. The lowest BCUT2D eigenvalue weighted by Crippen LogP contribution is -2.21. The molecule has 45 heavy (non-hydrogen) atoms. The number of hydrogen-bond acceptors (Lipinski definition) is 7. The predicted molar refractivity (Wildman–Crippen MR) is 185 cm³/mol. The number of rotatable bonds is 8. The second-order valence-electron chi connectivity index (χ2n) is 10.1. The summed E-state index contributed by atoms with van der Waals surface area (Å²) in [6, 6.07) is 29.8. The maximum Gasteiger partial charge on any atom is 0.282 e. The number of amides is 2. The molecule has 0 fully saturated rings. The Morgan fingerprint density at radius 1 is 0.578 bits per heavy atom. The van der Waals surface area contributed by atoms with Gasteiger partial charge in [0.05, 0.1) is 33.9 Å². The zero-order chi connectivity index (χ0) is 31.5. The zero-order valence-corrected chi connectivity index (χ0v) is 26.5. The summed E-state index contributed by atoms with van der Waals surface area (Å²) in [5.41, 5.74) is 5.25. The Kier molecular flexibility index (Phi) is 8.75. The van der Waals surface area contributed by atoms with Crippen LogP contribution in [0.4, 0.5) is 22.7 Å². The lowest BCUT2D eigenvalue weighted by atomic mass is 10.2. The second kappa shape index (κ2) is 13.0. The van der Waals surface area contributed by atoms with Crippen LogP contribution in [0.15, 0.2) is 141 Å². The van der Waals surface area contributed by atoms with Gasteiger partial charge >= 0.3 is 0 Å². The molecule has 0 bridgehead atoms. The molecule has 2 amide bonds. The number of hydrazone groups is 2. The number of hydrogen-bond donors (Lipinski definition) is 2. The number of benzene rings is 4. The van der Waals surface area contributed by atoms with Gasteiger partial charge in [0.15, 0.2) is 0 Å². The maximum atomic E-state index is 12.9. The molecule has 0 saturated carbocycles. The van der Waals surface area contributed by atoms with Gasteiger partial charge in [-0.2, -0.15) is 20.2 Å². The fraction of sp³-hybridized carbons (Fsp3) is 0.0588. The van der Waals surface area contributed by atoms with Crippen molar-refractivity contribution in [1.29, 1.82) is 0 Å². The smallest absolute Gasteiger partial charge is 0.282 e. The quantitative estimate of drug-likeness (QED) is 0.186. The topological polar surface area (TPSA) is 89.4 Å². The summed E-state index contributed by atoms with van der Waals surface area (Å²) in [7, 11) is 0. The number of carbonyl (C=O) groups excluding carboxylic acids is 2. The molecule has 2 aliphatic rings. The molecule has 4 aromatic carbocycles. The van der Waals surface area contributed by atoms with Gasteiger partial charge in [0, 0.05) is 43.6 Å². The van der Waals surface area contributed by atoms with E-state index in [0.717, 1.165) is 21.2 Å². The molecule has 0 radical (unpaired) electrons. The molecular formula is C34H26Cl2N6O2S. The van der Waals surface area contributed by atoms with Gasteiger partial charge in [-0.1, -0.05) is 35.0 Å². The zero-order valence-electron chi connectivity index (χ0n) is 24.2. The lowest BCUT2D eigenvalue weighted by molar-refractivity contribution is -0.115. The molecule has 8 nitrogen and oxygen atoms in total. The third kappa shape index (κ3) is 6.81. The molecule has 0 spiro atoms. The van der Waals surface area contributed by atoms with E-state index < -0.39 is 0 Å². The molecule has 11 heteroatoms. The van der Waals surface area contributed by atoms with E-state index in [1.807, 2.05) is 48.5 Å². The van der Waals surface area contributed by atoms with Crippen molar-refractivity contribution in [3.05, 3.63) is 131 Å². The molecule has 0 unspecified atom stereocenters. The summed E-state index contributed by atoms with van der Waals surface area (Å²) in [5.74, 6) is -0.414. The molecule has 0 saturated heterocycles. The van der Waals surface area contributed by atoms with Crippen molar-refractivity contribution < 1.29 is 9.59 Å². The highest BCUT2D eigenvalue weighted by atomic mass is 35.5. The summed E-state index contributed by atoms with van der Waals surface area (Å²) in [4.78, 5) is 28.0. The third-order valence-corrected chi connectivity index (χ3v) is 8.50. The Bertz CT molecular complexity index is 1750. The van der Waals surface area contributed by atoms with Crippen LogP contribution in [0.1, 0.15) is 13.8 Å². The van der Waals surface area contributed by atoms with Gasteiger partial charge in [0.1, 0.15) is 0 Å². The Morgan fingerprint density at radius 2 is 0.933 bits per heavy atom. The van der Waals surface area contributed by atoms with E-state index >= 15 is 0 Å². The van der Waals surface area contributed by atoms with E-state index in [-0.39, 0.29) is 11.8 Å². The Balaban J connectivity index is 1.04. The Hall–Kier alpha value is -4.83. The van der Waals surface area contributed by atoms with Crippen LogP contribution < -0.4 is 20.7 Å². The molecular weight excluding hydrogens is 627 g/mol. The first-order valence-electron chi connectivity index (χ1n) is 13.9. The fourth-order valence-corrected chi connectivity index (χ4v) is 5.64. The van der Waals surface area contributed by atoms with E-state index in [0.29, 0.717) is 44.0 Å². The number of carbonyl (C=O) groups is 2. The Labute approximate surface area is 274 Å². The molecule has 0 aliphatic carbocycles. The van der Waals surface area contributed by atoms with Gasteiger partial charge in [0.2, 0.25) is 0 Å². The Morgan fingerprint density at radius 3 is 1.29 bits per heavy atom. The first kappa shape index (κ1) is 30.2. The maximum absolute atomic E-state index is 12.9. The van der Waals surface area contributed by atoms with Crippen LogP contribution in [0, 0.1) is 0 Å². The highest BCUT2D eigenvalue weighted by molar-refractivity contribution is 7.99. The summed E-state index contributed by atoms with van der Waals surface area (Å²) in [6.07, 6.45) is 3.37. The SMILES string of the molecule is CC1=NN(c2ccc(Cl)cc2)C(=O)C1=CNc1ccc(Sc2ccc(NC=C3C(=O)N(c4ccc(Cl)cc4)N=C3C)cc2)cc1. The van der Waals surface area contributed by atoms with Crippen molar-refractivity contribution in [3.8, 4) is 0 Å². The van der Waals surface area contributed by atoms with Crippen LogP contribution in [0.5, 0.6) is 0 Å². The van der Waals surface area contributed by atoms with E-state index in [9.17, 15) is 9.59 Å². The van der Waals surface area contributed by atoms with Crippen LogP contribution in [-0.4, -0.2) is 23.2 Å². The van der Waals surface area contributed by atoms with Gasteiger partial charge in [-0.05, 0) is 111 Å². The molecule has 2 N–H and O–H groups in total. The fourth-order valence-electron chi connectivity index (χ4n) is 4.57. The highest BCUT2D eigenvalue weighted by Gasteiger charge is 2.29. The van der Waals surface area contributed by atoms with Gasteiger partial charge in [0.25, 0.3) is 11.8 Å². The molecule has 0 atom stereocenters. The standard InChI is InChI=1S/C34H26Cl2N6O2S/c1-21-31(33(43)41(39-21)27-11-3-23(35)4-12-27)19-37-25-7-15-29(16-8-25)45-30-17-9-26(10-18-30)38-20-32-22(2)40-42(34(32)44)28-13-5-24(36)6-14-28/h3-20,37-38H,1-2H3. The molecule has 4 aromatic rings. The van der Waals surface area contributed by atoms with Crippen molar-refractivity contribution in [2.24, 2.45) is 10.2 Å². The minimum atomic E-state index is -0.207. The number of nitrogens with zero attached hydrogens (tertiary/aromatic N) is 4. The highest BCUT2D eigenvalue weighted by Crippen LogP contribution is 2.31. The van der Waals surface area contributed by atoms with Crippen LogP contribution in [-0.2, 0) is 9.59 Å². The van der Waals surface area contributed by atoms with Crippen LogP contribution in [0.25, 0.3) is 0 Å². The van der Waals surface area contributed by atoms with Crippen molar-refractivity contribution in [1.82, 2.24) is 0 Å². The van der Waals surface area contributed by atoms with E-state index in [1.165, 1.54) is 10.0 Å². The van der Waals surface area contributed by atoms with Gasteiger partial charge in [-0.3, -0.25) is 9.59 Å². The van der Waals surface area contributed by atoms with Gasteiger partial charge in [-0.15, -0.1) is 0 Å². The summed E-state index contributed by atoms with van der Waals surface area (Å²) < 4.78 is 0. The molecule has 6 rings (SSSR count). The second-order valence-corrected chi connectivity index (χ2v) is 12.1. The van der Waals surface area contributed by atoms with Gasteiger partial charge < -0.3 is 10.6 Å². The molecule has 2 aliphatic heterocycles. The minimum absolute atomic E-state index is 0.207. The number of halogens is 2. The van der Waals surface area contributed by atoms with Crippen LogP contribution in [0.2, 0.25) is 10.0 Å². The van der Waals surface area contributed by atoms with Crippen molar-refractivity contribution >= 4 is 81.0 Å².